The maximum atomic E-state index is 12.8. The van der Waals surface area contributed by atoms with Crippen LogP contribution >= 0.6 is 11.3 Å². The number of nitrogens with one attached hydrogen (secondary N) is 2. The number of hydrogen-bond donors (Lipinski definition) is 2. The monoisotopic (exact) mass is 393 g/mol. The molecule has 0 unspecified atom stereocenters. The molecule has 0 radical (unpaired) electrons. The fourth-order valence-electron chi connectivity index (χ4n) is 3.28. The van der Waals surface area contributed by atoms with Gasteiger partial charge in [0.2, 0.25) is 0 Å². The molecule has 3 aromatic rings. The van der Waals surface area contributed by atoms with Gasteiger partial charge in [-0.15, -0.1) is 11.3 Å². The highest BCUT2D eigenvalue weighted by Crippen LogP contribution is 2.28. The molecule has 0 saturated carbocycles. The van der Waals surface area contributed by atoms with Crippen LogP contribution in [0.25, 0.3) is 10.6 Å². The molecule has 1 saturated heterocycles. The Bertz CT molecular complexity index is 935. The lowest BCUT2D eigenvalue weighted by Crippen LogP contribution is -2.36. The van der Waals surface area contributed by atoms with Crippen molar-refractivity contribution in [3.8, 4) is 10.6 Å². The predicted molar refractivity (Wildman–Crippen MR) is 114 cm³/mol. The summed E-state index contributed by atoms with van der Waals surface area (Å²) >= 11 is 1.38. The Kier molecular flexibility index (Phi) is 5.64. The molecule has 0 aliphatic carbocycles. The lowest BCUT2D eigenvalue weighted by molar-refractivity contribution is 0.103. The molecule has 4 rings (SSSR count). The normalized spacial score (nSPS) is 15.3. The molecule has 3 heterocycles. The highest BCUT2D eigenvalue weighted by atomic mass is 32.1. The molecule has 28 heavy (non-hydrogen) atoms. The van der Waals surface area contributed by atoms with Crippen molar-refractivity contribution in [3.05, 3.63) is 59.9 Å². The summed E-state index contributed by atoms with van der Waals surface area (Å²) in [7, 11) is 2.15. The SMILES string of the molecule is CN1CCC(Nc2ccccc2NC(=O)c2cnc(-c3ccncc3)s2)CC1. The van der Waals surface area contributed by atoms with Crippen molar-refractivity contribution < 1.29 is 4.79 Å². The molecule has 2 aromatic heterocycles. The number of carbonyl (C=O) groups excluding carboxylic acids is 1. The van der Waals surface area contributed by atoms with E-state index >= 15 is 0 Å². The lowest BCUT2D eigenvalue weighted by Gasteiger charge is -2.30. The number of likely N-dealkylation sites (tertiary alicyclic amines) is 1. The van der Waals surface area contributed by atoms with Gasteiger partial charge < -0.3 is 15.5 Å². The van der Waals surface area contributed by atoms with Crippen molar-refractivity contribution in [2.75, 3.05) is 30.8 Å². The molecule has 7 heteroatoms. The maximum Gasteiger partial charge on any atom is 0.267 e. The molecular weight excluding hydrogens is 370 g/mol. The minimum absolute atomic E-state index is 0.143. The number of carbonyl (C=O) groups is 1. The van der Waals surface area contributed by atoms with Gasteiger partial charge in [-0.2, -0.15) is 0 Å². The highest BCUT2D eigenvalue weighted by molar-refractivity contribution is 7.17. The molecule has 1 fully saturated rings. The zero-order valence-electron chi connectivity index (χ0n) is 15.8. The average Bonchev–Trinajstić information content (AvgIpc) is 3.22. The molecular formula is C21H23N5OS. The Morgan fingerprint density at radius 2 is 1.82 bits per heavy atom. The Morgan fingerprint density at radius 3 is 2.57 bits per heavy atom. The van der Waals surface area contributed by atoms with Gasteiger partial charge in [0.1, 0.15) is 9.88 Å². The number of rotatable bonds is 5. The Balaban J connectivity index is 1.46. The molecule has 0 spiro atoms. The summed E-state index contributed by atoms with van der Waals surface area (Å²) < 4.78 is 0. The van der Waals surface area contributed by atoms with Gasteiger partial charge in [-0.05, 0) is 57.2 Å². The number of thiazole rings is 1. The zero-order chi connectivity index (χ0) is 19.3. The number of hydrogen-bond acceptors (Lipinski definition) is 6. The zero-order valence-corrected chi connectivity index (χ0v) is 16.6. The van der Waals surface area contributed by atoms with Crippen LogP contribution in [0.15, 0.2) is 55.0 Å². The molecule has 144 valence electrons. The average molecular weight is 394 g/mol. The smallest absolute Gasteiger partial charge is 0.267 e. The summed E-state index contributed by atoms with van der Waals surface area (Å²) in [6, 6.07) is 12.1. The number of anilines is 2. The number of benzene rings is 1. The quantitative estimate of drug-likeness (QED) is 0.687. The van der Waals surface area contributed by atoms with Gasteiger partial charge in [0.15, 0.2) is 0 Å². The van der Waals surface area contributed by atoms with E-state index in [1.54, 1.807) is 18.6 Å². The molecule has 1 aliphatic heterocycles. The van der Waals surface area contributed by atoms with E-state index in [1.807, 2.05) is 36.4 Å². The van der Waals surface area contributed by atoms with Crippen LogP contribution < -0.4 is 10.6 Å². The summed E-state index contributed by atoms with van der Waals surface area (Å²) in [4.78, 5) is 24.1. The van der Waals surface area contributed by atoms with Crippen molar-refractivity contribution in [3.63, 3.8) is 0 Å². The number of pyridine rings is 1. The van der Waals surface area contributed by atoms with Crippen molar-refractivity contribution >= 4 is 28.6 Å². The van der Waals surface area contributed by atoms with Crippen LogP contribution in [0.4, 0.5) is 11.4 Å². The summed E-state index contributed by atoms with van der Waals surface area (Å²) in [6.45, 7) is 2.18. The topological polar surface area (TPSA) is 70.2 Å². The Morgan fingerprint density at radius 1 is 1.11 bits per heavy atom. The molecule has 0 atom stereocenters. The van der Waals surface area contributed by atoms with Crippen LogP contribution in [0.3, 0.4) is 0 Å². The van der Waals surface area contributed by atoms with Crippen LogP contribution in [0.5, 0.6) is 0 Å². The number of aromatic nitrogens is 2. The second kappa shape index (κ2) is 8.50. The molecule has 1 amide bonds. The van der Waals surface area contributed by atoms with Crippen molar-refractivity contribution in [1.82, 2.24) is 14.9 Å². The van der Waals surface area contributed by atoms with Crippen LogP contribution in [-0.4, -0.2) is 47.0 Å². The van der Waals surface area contributed by atoms with Gasteiger partial charge in [-0.25, -0.2) is 4.98 Å². The van der Waals surface area contributed by atoms with Crippen LogP contribution in [-0.2, 0) is 0 Å². The molecule has 0 bridgehead atoms. The van der Waals surface area contributed by atoms with E-state index in [2.05, 4.69) is 32.5 Å². The van der Waals surface area contributed by atoms with Crippen LogP contribution in [0.1, 0.15) is 22.5 Å². The summed E-state index contributed by atoms with van der Waals surface area (Å²) in [5, 5.41) is 7.44. The highest BCUT2D eigenvalue weighted by Gasteiger charge is 2.18. The van der Waals surface area contributed by atoms with Crippen molar-refractivity contribution in [2.24, 2.45) is 0 Å². The first-order valence-corrected chi connectivity index (χ1v) is 10.2. The number of amides is 1. The van der Waals surface area contributed by atoms with E-state index in [0.717, 1.165) is 47.9 Å². The standard InChI is InChI=1S/C21H23N5OS/c1-26-12-8-16(9-13-26)24-17-4-2-3-5-18(17)25-20(27)19-14-23-21(28-19)15-6-10-22-11-7-15/h2-7,10-11,14,16,24H,8-9,12-13H2,1H3,(H,25,27). The van der Waals surface area contributed by atoms with E-state index in [1.165, 1.54) is 11.3 Å². The van der Waals surface area contributed by atoms with E-state index in [9.17, 15) is 4.79 Å². The lowest BCUT2D eigenvalue weighted by atomic mass is 10.0. The molecule has 2 N–H and O–H groups in total. The van der Waals surface area contributed by atoms with E-state index < -0.39 is 0 Å². The fourth-order valence-corrected chi connectivity index (χ4v) is 4.10. The van der Waals surface area contributed by atoms with Crippen LogP contribution in [0.2, 0.25) is 0 Å². The third-order valence-electron chi connectivity index (χ3n) is 4.91. The van der Waals surface area contributed by atoms with Gasteiger partial charge in [0, 0.05) is 24.0 Å². The largest absolute Gasteiger partial charge is 0.381 e. The van der Waals surface area contributed by atoms with Gasteiger partial charge in [0.25, 0.3) is 5.91 Å². The summed E-state index contributed by atoms with van der Waals surface area (Å²) in [5.41, 5.74) is 2.72. The second-order valence-electron chi connectivity index (χ2n) is 6.99. The van der Waals surface area contributed by atoms with Crippen molar-refractivity contribution in [2.45, 2.75) is 18.9 Å². The van der Waals surface area contributed by atoms with E-state index in [0.29, 0.717) is 10.9 Å². The van der Waals surface area contributed by atoms with Gasteiger partial charge in [-0.1, -0.05) is 12.1 Å². The van der Waals surface area contributed by atoms with Crippen molar-refractivity contribution in [1.29, 1.82) is 0 Å². The Labute approximate surface area is 168 Å². The first kappa shape index (κ1) is 18.6. The first-order valence-electron chi connectivity index (χ1n) is 9.41. The molecule has 6 nitrogen and oxygen atoms in total. The van der Waals surface area contributed by atoms with Crippen LogP contribution in [0, 0.1) is 0 Å². The number of piperidine rings is 1. The third kappa shape index (κ3) is 4.37. The predicted octanol–water partition coefficient (Wildman–Crippen LogP) is 3.96. The first-order chi connectivity index (χ1) is 13.7. The summed E-state index contributed by atoms with van der Waals surface area (Å²) in [5.74, 6) is -0.143. The van der Waals surface area contributed by atoms with Gasteiger partial charge in [0.05, 0.1) is 17.6 Å². The second-order valence-corrected chi connectivity index (χ2v) is 8.02. The van der Waals surface area contributed by atoms with E-state index in [-0.39, 0.29) is 5.91 Å². The maximum absolute atomic E-state index is 12.8. The molecule has 1 aliphatic rings. The minimum atomic E-state index is -0.143. The third-order valence-corrected chi connectivity index (χ3v) is 5.96. The molecule has 1 aromatic carbocycles. The Hall–Kier alpha value is -2.77. The van der Waals surface area contributed by atoms with E-state index in [4.69, 9.17) is 0 Å². The van der Waals surface area contributed by atoms with Gasteiger partial charge in [-0.3, -0.25) is 9.78 Å². The van der Waals surface area contributed by atoms with Gasteiger partial charge >= 0.3 is 0 Å². The minimum Gasteiger partial charge on any atom is -0.381 e. The number of para-hydroxylation sites is 2. The fraction of sp³-hybridized carbons (Fsp3) is 0.286. The number of nitrogens with zero attached hydrogens (tertiary/aromatic N) is 3. The summed E-state index contributed by atoms with van der Waals surface area (Å²) in [6.07, 6.45) is 7.28.